The van der Waals surface area contributed by atoms with Crippen molar-refractivity contribution in [2.24, 2.45) is 0 Å². The van der Waals surface area contributed by atoms with E-state index < -0.39 is 0 Å². The van der Waals surface area contributed by atoms with Gasteiger partial charge in [-0.1, -0.05) is 41.6 Å². The van der Waals surface area contributed by atoms with Gasteiger partial charge in [0.05, 0.1) is 5.75 Å². The van der Waals surface area contributed by atoms with Gasteiger partial charge in [-0.05, 0) is 26.0 Å². The van der Waals surface area contributed by atoms with Crippen molar-refractivity contribution in [3.63, 3.8) is 0 Å². The van der Waals surface area contributed by atoms with Crippen molar-refractivity contribution in [1.82, 2.24) is 19.7 Å². The first kappa shape index (κ1) is 16.4. The average Bonchev–Trinajstić information content (AvgIpc) is 3.04. The van der Waals surface area contributed by atoms with Crippen molar-refractivity contribution in [2.45, 2.75) is 25.5 Å². The van der Waals surface area contributed by atoms with Crippen molar-refractivity contribution in [1.29, 1.82) is 0 Å². The van der Waals surface area contributed by atoms with E-state index in [0.717, 1.165) is 34.2 Å². The van der Waals surface area contributed by atoms with Gasteiger partial charge in [-0.2, -0.15) is 0 Å². The van der Waals surface area contributed by atoms with Crippen LogP contribution < -0.4 is 0 Å². The van der Waals surface area contributed by atoms with E-state index in [9.17, 15) is 4.79 Å². The van der Waals surface area contributed by atoms with Gasteiger partial charge in [-0.15, -0.1) is 10.2 Å². The second kappa shape index (κ2) is 7.40. The Labute approximate surface area is 145 Å². The zero-order valence-electron chi connectivity index (χ0n) is 13.6. The molecule has 3 aromatic rings. The monoisotopic (exact) mass is 338 g/mol. The summed E-state index contributed by atoms with van der Waals surface area (Å²) in [5, 5.41) is 9.25. The van der Waals surface area contributed by atoms with Gasteiger partial charge in [0.1, 0.15) is 0 Å². The van der Waals surface area contributed by atoms with Crippen LogP contribution in [-0.2, 0) is 6.54 Å². The number of aryl methyl sites for hydroxylation is 1. The van der Waals surface area contributed by atoms with Crippen molar-refractivity contribution >= 4 is 17.5 Å². The molecule has 24 heavy (non-hydrogen) atoms. The van der Waals surface area contributed by atoms with E-state index in [1.807, 2.05) is 54.8 Å². The number of ketones is 1. The summed E-state index contributed by atoms with van der Waals surface area (Å²) in [6.07, 6.45) is 3.49. The number of nitrogens with zero attached hydrogens (tertiary/aromatic N) is 4. The molecule has 2 aromatic heterocycles. The maximum atomic E-state index is 12.3. The smallest absolute Gasteiger partial charge is 0.191 e. The Hall–Kier alpha value is -2.47. The molecule has 0 saturated carbocycles. The van der Waals surface area contributed by atoms with Gasteiger partial charge in [0.2, 0.25) is 0 Å². The lowest BCUT2D eigenvalue weighted by Crippen LogP contribution is -2.05. The molecule has 122 valence electrons. The molecule has 0 fully saturated rings. The van der Waals surface area contributed by atoms with E-state index >= 15 is 0 Å². The van der Waals surface area contributed by atoms with Crippen LogP contribution in [0.25, 0.3) is 11.4 Å². The number of rotatable bonds is 6. The number of thioether (sulfide) groups is 1. The minimum atomic E-state index is 0.0913. The highest BCUT2D eigenvalue weighted by Gasteiger charge is 2.15. The third-order valence-electron chi connectivity index (χ3n) is 3.66. The van der Waals surface area contributed by atoms with Crippen LogP contribution in [0.3, 0.4) is 0 Å². The Kier molecular flexibility index (Phi) is 5.05. The minimum absolute atomic E-state index is 0.0913. The van der Waals surface area contributed by atoms with Crippen molar-refractivity contribution in [3.05, 3.63) is 59.9 Å². The number of Topliss-reactive ketones (excluding diaryl/α,β-unsaturated/α-hetero) is 1. The zero-order chi connectivity index (χ0) is 16.9. The minimum Gasteiger partial charge on any atom is -0.302 e. The standard InChI is InChI=1S/C18H18N4OS/c1-3-22-17(15-5-4-10-19-11-15)20-21-18(22)24-12-16(23)14-8-6-13(2)7-9-14/h4-11H,3,12H2,1-2H3. The highest BCUT2D eigenvalue weighted by atomic mass is 32.2. The van der Waals surface area contributed by atoms with E-state index in [1.165, 1.54) is 11.8 Å². The highest BCUT2D eigenvalue weighted by Crippen LogP contribution is 2.24. The molecule has 1 aromatic carbocycles. The van der Waals surface area contributed by atoms with Crippen LogP contribution in [0.4, 0.5) is 0 Å². The number of hydrogen-bond donors (Lipinski definition) is 0. The summed E-state index contributed by atoms with van der Waals surface area (Å²) in [6.45, 7) is 4.78. The first-order valence-corrected chi connectivity index (χ1v) is 8.74. The molecule has 0 spiro atoms. The molecule has 0 amide bonds. The third-order valence-corrected chi connectivity index (χ3v) is 4.63. The maximum Gasteiger partial charge on any atom is 0.191 e. The van der Waals surface area contributed by atoms with Crippen LogP contribution in [-0.4, -0.2) is 31.3 Å². The van der Waals surface area contributed by atoms with E-state index in [-0.39, 0.29) is 5.78 Å². The molecule has 0 aliphatic rings. The van der Waals surface area contributed by atoms with Crippen LogP contribution in [0.15, 0.2) is 53.9 Å². The first-order valence-electron chi connectivity index (χ1n) is 7.75. The molecule has 6 heteroatoms. The number of pyridine rings is 1. The number of carbonyl (C=O) groups excluding carboxylic acids is 1. The summed E-state index contributed by atoms with van der Waals surface area (Å²) in [4.78, 5) is 16.4. The lowest BCUT2D eigenvalue weighted by molar-refractivity contribution is 0.102. The van der Waals surface area contributed by atoms with Crippen LogP contribution >= 0.6 is 11.8 Å². The zero-order valence-corrected chi connectivity index (χ0v) is 14.5. The fraction of sp³-hybridized carbons (Fsp3) is 0.222. The Morgan fingerprint density at radius 1 is 1.17 bits per heavy atom. The SMILES string of the molecule is CCn1c(SCC(=O)c2ccc(C)cc2)nnc1-c1cccnc1. The second-order valence-corrected chi connectivity index (χ2v) is 6.31. The van der Waals surface area contributed by atoms with Gasteiger partial charge >= 0.3 is 0 Å². The van der Waals surface area contributed by atoms with E-state index in [0.29, 0.717) is 5.75 Å². The lowest BCUT2D eigenvalue weighted by Gasteiger charge is -2.07. The number of carbonyl (C=O) groups is 1. The predicted octanol–water partition coefficient (Wildman–Crippen LogP) is 3.64. The summed E-state index contributed by atoms with van der Waals surface area (Å²) in [5.41, 5.74) is 2.79. The summed E-state index contributed by atoms with van der Waals surface area (Å²) < 4.78 is 2.00. The summed E-state index contributed by atoms with van der Waals surface area (Å²) in [5.74, 6) is 1.21. The van der Waals surface area contributed by atoms with Crippen molar-refractivity contribution in [3.8, 4) is 11.4 Å². The molecule has 0 saturated heterocycles. The van der Waals surface area contributed by atoms with Gasteiger partial charge in [0, 0.05) is 30.1 Å². The Bertz CT molecular complexity index is 828. The fourth-order valence-corrected chi connectivity index (χ4v) is 3.24. The van der Waals surface area contributed by atoms with E-state index in [1.54, 1.807) is 12.4 Å². The predicted molar refractivity (Wildman–Crippen MR) is 95.2 cm³/mol. The van der Waals surface area contributed by atoms with Crippen LogP contribution in [0.5, 0.6) is 0 Å². The maximum absolute atomic E-state index is 12.3. The normalized spacial score (nSPS) is 10.8. The average molecular weight is 338 g/mol. The molecule has 2 heterocycles. The summed E-state index contributed by atoms with van der Waals surface area (Å²) >= 11 is 1.41. The molecule has 0 unspecified atom stereocenters. The molecule has 5 nitrogen and oxygen atoms in total. The molecule has 0 aliphatic carbocycles. The van der Waals surface area contributed by atoms with Crippen LogP contribution in [0, 0.1) is 6.92 Å². The lowest BCUT2D eigenvalue weighted by atomic mass is 10.1. The second-order valence-electron chi connectivity index (χ2n) is 5.37. The molecule has 0 aliphatic heterocycles. The van der Waals surface area contributed by atoms with Crippen molar-refractivity contribution in [2.75, 3.05) is 5.75 Å². The number of benzene rings is 1. The Balaban J connectivity index is 1.75. The molecule has 0 radical (unpaired) electrons. The van der Waals surface area contributed by atoms with E-state index in [2.05, 4.69) is 15.2 Å². The Morgan fingerprint density at radius 3 is 2.62 bits per heavy atom. The number of hydrogen-bond acceptors (Lipinski definition) is 5. The fourth-order valence-electron chi connectivity index (χ4n) is 2.34. The van der Waals surface area contributed by atoms with Gasteiger partial charge in [-0.25, -0.2) is 0 Å². The molecule has 0 atom stereocenters. The molecule has 0 N–H and O–H groups in total. The molecular weight excluding hydrogens is 320 g/mol. The molecule has 3 rings (SSSR count). The molecular formula is C18H18N4OS. The highest BCUT2D eigenvalue weighted by molar-refractivity contribution is 7.99. The van der Waals surface area contributed by atoms with Gasteiger partial charge in [0.25, 0.3) is 0 Å². The summed E-state index contributed by atoms with van der Waals surface area (Å²) in [6, 6.07) is 11.5. The van der Waals surface area contributed by atoms with Gasteiger partial charge in [-0.3, -0.25) is 9.78 Å². The van der Waals surface area contributed by atoms with Crippen molar-refractivity contribution < 1.29 is 4.79 Å². The first-order chi connectivity index (χ1) is 11.7. The van der Waals surface area contributed by atoms with Gasteiger partial charge < -0.3 is 4.57 Å². The van der Waals surface area contributed by atoms with E-state index in [4.69, 9.17) is 0 Å². The van der Waals surface area contributed by atoms with Gasteiger partial charge in [0.15, 0.2) is 16.8 Å². The topological polar surface area (TPSA) is 60.7 Å². The third kappa shape index (κ3) is 3.54. The van der Waals surface area contributed by atoms with Crippen LogP contribution in [0.1, 0.15) is 22.8 Å². The summed E-state index contributed by atoms with van der Waals surface area (Å²) in [7, 11) is 0. The quantitative estimate of drug-likeness (QED) is 0.507. The molecule has 0 bridgehead atoms. The largest absolute Gasteiger partial charge is 0.302 e. The van der Waals surface area contributed by atoms with Crippen LogP contribution in [0.2, 0.25) is 0 Å². The number of aromatic nitrogens is 4. The Morgan fingerprint density at radius 2 is 1.96 bits per heavy atom.